The maximum atomic E-state index is 4.34. The smallest absolute Gasteiger partial charge is 0.0794 e. The van der Waals surface area contributed by atoms with Crippen molar-refractivity contribution in [3.63, 3.8) is 0 Å². The van der Waals surface area contributed by atoms with E-state index in [2.05, 4.69) is 39.9 Å². The van der Waals surface area contributed by atoms with Gasteiger partial charge in [-0.3, -0.25) is 0 Å². The summed E-state index contributed by atoms with van der Waals surface area (Å²) in [6, 6.07) is 9.12. The fourth-order valence-corrected chi connectivity index (χ4v) is 2.82. The Balaban J connectivity index is 1.73. The molecule has 3 heteroatoms. The van der Waals surface area contributed by atoms with Gasteiger partial charge in [0.15, 0.2) is 0 Å². The first kappa shape index (κ1) is 9.85. The number of thiazole rings is 1. The van der Waals surface area contributed by atoms with Crippen molar-refractivity contribution < 1.29 is 0 Å². The van der Waals surface area contributed by atoms with Gasteiger partial charge in [0.2, 0.25) is 0 Å². The molecule has 0 bridgehead atoms. The van der Waals surface area contributed by atoms with E-state index in [9.17, 15) is 0 Å². The average molecular weight is 230 g/mol. The molecular weight excluding hydrogens is 216 g/mol. The van der Waals surface area contributed by atoms with E-state index in [-0.39, 0.29) is 0 Å². The molecule has 0 saturated carbocycles. The van der Waals surface area contributed by atoms with Gasteiger partial charge in [-0.2, -0.15) is 0 Å². The van der Waals surface area contributed by atoms with E-state index in [0.29, 0.717) is 6.04 Å². The lowest BCUT2D eigenvalue weighted by Gasteiger charge is -2.26. The van der Waals surface area contributed by atoms with Crippen molar-refractivity contribution in [2.24, 2.45) is 0 Å². The van der Waals surface area contributed by atoms with E-state index >= 15 is 0 Å². The Morgan fingerprint density at radius 3 is 3.19 bits per heavy atom. The molecule has 1 N–H and O–H groups in total. The summed E-state index contributed by atoms with van der Waals surface area (Å²) >= 11 is 1.67. The molecule has 1 unspecified atom stereocenters. The van der Waals surface area contributed by atoms with Gasteiger partial charge >= 0.3 is 0 Å². The van der Waals surface area contributed by atoms with Crippen LogP contribution >= 0.6 is 11.3 Å². The number of aryl methyl sites for hydroxylation is 1. The zero-order chi connectivity index (χ0) is 10.8. The van der Waals surface area contributed by atoms with Crippen molar-refractivity contribution in [1.82, 2.24) is 4.98 Å². The minimum atomic E-state index is 0.539. The highest BCUT2D eigenvalue weighted by Crippen LogP contribution is 2.25. The fourth-order valence-electron chi connectivity index (χ4n) is 2.24. The van der Waals surface area contributed by atoms with Gasteiger partial charge in [-0.25, -0.2) is 4.98 Å². The number of hydrogen-bond acceptors (Lipinski definition) is 3. The summed E-state index contributed by atoms with van der Waals surface area (Å²) in [5, 5.41) is 5.74. The Hall–Kier alpha value is -1.35. The molecule has 0 amide bonds. The maximum Gasteiger partial charge on any atom is 0.0794 e. The van der Waals surface area contributed by atoms with Gasteiger partial charge in [0.05, 0.1) is 11.2 Å². The highest BCUT2D eigenvalue weighted by molar-refractivity contribution is 7.07. The van der Waals surface area contributed by atoms with Crippen LogP contribution in [0.25, 0.3) is 0 Å². The summed E-state index contributed by atoms with van der Waals surface area (Å²) in [6.07, 6.45) is 3.42. The molecule has 3 rings (SSSR count). The van der Waals surface area contributed by atoms with Crippen molar-refractivity contribution in [1.29, 1.82) is 0 Å². The van der Waals surface area contributed by atoms with Crippen LogP contribution in [-0.4, -0.2) is 11.0 Å². The molecule has 0 saturated heterocycles. The third-order valence-corrected chi connectivity index (χ3v) is 3.71. The quantitative estimate of drug-likeness (QED) is 0.857. The standard InChI is InChI=1S/C13H14N2S/c1-2-4-13-10(3-1)5-6-11(15-13)7-12-8-16-9-14-12/h1-4,8-9,11,15H,5-7H2. The normalized spacial score (nSPS) is 18.9. The minimum absolute atomic E-state index is 0.539. The molecule has 0 aliphatic carbocycles. The Bertz CT molecular complexity index is 465. The molecule has 1 aliphatic rings. The molecule has 2 heterocycles. The first-order valence-corrected chi connectivity index (χ1v) is 6.57. The average Bonchev–Trinajstić information content (AvgIpc) is 2.82. The molecule has 82 valence electrons. The first-order chi connectivity index (χ1) is 7.92. The number of aromatic nitrogens is 1. The summed E-state index contributed by atoms with van der Waals surface area (Å²) in [5.41, 5.74) is 5.86. The predicted octanol–water partition coefficient (Wildman–Crippen LogP) is 3.11. The van der Waals surface area contributed by atoms with Gasteiger partial charge in [0.25, 0.3) is 0 Å². The molecule has 0 fully saturated rings. The van der Waals surface area contributed by atoms with Crippen molar-refractivity contribution in [2.75, 3.05) is 5.32 Å². The number of benzene rings is 1. The zero-order valence-electron chi connectivity index (χ0n) is 9.02. The monoisotopic (exact) mass is 230 g/mol. The number of fused-ring (bicyclic) bond motifs is 1. The number of nitrogens with zero attached hydrogens (tertiary/aromatic N) is 1. The number of nitrogens with one attached hydrogen (secondary N) is 1. The van der Waals surface area contributed by atoms with Crippen LogP contribution in [0, 0.1) is 0 Å². The van der Waals surface area contributed by atoms with Crippen molar-refractivity contribution in [3.05, 3.63) is 46.4 Å². The Kier molecular flexibility index (Phi) is 2.62. The molecule has 1 aromatic carbocycles. The van der Waals surface area contributed by atoms with E-state index < -0.39 is 0 Å². The minimum Gasteiger partial charge on any atom is -0.382 e. The molecule has 1 aliphatic heterocycles. The fraction of sp³-hybridized carbons (Fsp3) is 0.308. The van der Waals surface area contributed by atoms with Crippen LogP contribution < -0.4 is 5.32 Å². The Morgan fingerprint density at radius 2 is 2.31 bits per heavy atom. The summed E-state index contributed by atoms with van der Waals surface area (Å²) < 4.78 is 0. The van der Waals surface area contributed by atoms with Crippen LogP contribution in [0.5, 0.6) is 0 Å². The van der Waals surface area contributed by atoms with E-state index in [1.807, 2.05) is 5.51 Å². The van der Waals surface area contributed by atoms with E-state index in [0.717, 1.165) is 6.42 Å². The molecule has 1 aromatic heterocycles. The molecule has 2 aromatic rings. The predicted molar refractivity (Wildman–Crippen MR) is 68.0 cm³/mol. The summed E-state index contributed by atoms with van der Waals surface area (Å²) in [7, 11) is 0. The maximum absolute atomic E-state index is 4.34. The van der Waals surface area contributed by atoms with Gasteiger partial charge < -0.3 is 5.32 Å². The molecule has 0 radical (unpaired) electrons. The van der Waals surface area contributed by atoms with E-state index in [1.54, 1.807) is 11.3 Å². The Labute approximate surface area is 99.4 Å². The number of hydrogen-bond donors (Lipinski definition) is 1. The molecule has 1 atom stereocenters. The SMILES string of the molecule is c1ccc2c(c1)CCC(Cc1cscn1)N2. The van der Waals surface area contributed by atoms with Crippen LogP contribution in [-0.2, 0) is 12.8 Å². The van der Waals surface area contributed by atoms with Gasteiger partial charge in [0, 0.05) is 23.5 Å². The topological polar surface area (TPSA) is 24.9 Å². The molecule has 2 nitrogen and oxygen atoms in total. The number of anilines is 1. The van der Waals surface area contributed by atoms with Crippen LogP contribution in [0.1, 0.15) is 17.7 Å². The van der Waals surface area contributed by atoms with Gasteiger partial charge in [0.1, 0.15) is 0 Å². The van der Waals surface area contributed by atoms with Crippen molar-refractivity contribution in [3.8, 4) is 0 Å². The van der Waals surface area contributed by atoms with Crippen molar-refractivity contribution in [2.45, 2.75) is 25.3 Å². The molecule has 0 spiro atoms. The lowest BCUT2D eigenvalue weighted by atomic mass is 9.96. The summed E-state index contributed by atoms with van der Waals surface area (Å²) in [5.74, 6) is 0. The molecule has 16 heavy (non-hydrogen) atoms. The lowest BCUT2D eigenvalue weighted by molar-refractivity contribution is 0.622. The third kappa shape index (κ3) is 1.95. The Morgan fingerprint density at radius 1 is 1.38 bits per heavy atom. The van der Waals surface area contributed by atoms with Crippen LogP contribution in [0.15, 0.2) is 35.2 Å². The highest BCUT2D eigenvalue weighted by Gasteiger charge is 2.17. The highest BCUT2D eigenvalue weighted by atomic mass is 32.1. The second kappa shape index (κ2) is 4.26. The summed E-state index contributed by atoms with van der Waals surface area (Å²) in [4.78, 5) is 4.34. The van der Waals surface area contributed by atoms with Crippen LogP contribution in [0.3, 0.4) is 0 Å². The van der Waals surface area contributed by atoms with Crippen LogP contribution in [0.2, 0.25) is 0 Å². The third-order valence-electron chi connectivity index (χ3n) is 3.08. The van der Waals surface area contributed by atoms with Crippen LogP contribution in [0.4, 0.5) is 5.69 Å². The van der Waals surface area contributed by atoms with Gasteiger partial charge in [-0.05, 0) is 24.5 Å². The molecular formula is C13H14N2S. The number of rotatable bonds is 2. The largest absolute Gasteiger partial charge is 0.382 e. The summed E-state index contributed by atoms with van der Waals surface area (Å²) in [6.45, 7) is 0. The van der Waals surface area contributed by atoms with Gasteiger partial charge in [-0.15, -0.1) is 11.3 Å². The zero-order valence-corrected chi connectivity index (χ0v) is 9.83. The first-order valence-electron chi connectivity index (χ1n) is 5.63. The second-order valence-corrected chi connectivity index (χ2v) is 4.94. The van der Waals surface area contributed by atoms with E-state index in [4.69, 9.17) is 0 Å². The number of para-hydroxylation sites is 1. The van der Waals surface area contributed by atoms with E-state index in [1.165, 1.54) is 29.8 Å². The van der Waals surface area contributed by atoms with Gasteiger partial charge in [-0.1, -0.05) is 18.2 Å². The van der Waals surface area contributed by atoms with Crippen molar-refractivity contribution >= 4 is 17.0 Å². The lowest BCUT2D eigenvalue weighted by Crippen LogP contribution is -2.27. The second-order valence-electron chi connectivity index (χ2n) is 4.22.